The molecule has 0 unspecified atom stereocenters. The maximum atomic E-state index is 10.8. The second-order valence-corrected chi connectivity index (χ2v) is 5.65. The third kappa shape index (κ3) is 8.08. The minimum atomic E-state index is 0.275. The van der Waals surface area contributed by atoms with Gasteiger partial charge in [0.2, 0.25) is 0 Å². The molecule has 0 aliphatic carbocycles. The van der Waals surface area contributed by atoms with Gasteiger partial charge in [0, 0.05) is 19.2 Å². The zero-order chi connectivity index (χ0) is 14.6. The number of hydrogen-bond donors (Lipinski definition) is 0. The summed E-state index contributed by atoms with van der Waals surface area (Å²) in [4.78, 5) is 10.8. The van der Waals surface area contributed by atoms with Gasteiger partial charge in [0.1, 0.15) is 5.78 Å². The minimum absolute atomic E-state index is 0.275. The predicted molar refractivity (Wildman–Crippen MR) is 81.6 cm³/mol. The van der Waals surface area contributed by atoms with Crippen LogP contribution in [0.1, 0.15) is 77.3 Å². The summed E-state index contributed by atoms with van der Waals surface area (Å²) in [5, 5.41) is 8.35. The maximum absolute atomic E-state index is 10.8. The third-order valence-electron chi connectivity index (χ3n) is 3.54. The number of carbonyl (C=O) groups is 1. The molecule has 1 heterocycles. The first-order valence-corrected chi connectivity index (χ1v) is 8.11. The highest BCUT2D eigenvalue weighted by Gasteiger charge is 2.01. The first-order chi connectivity index (χ1) is 9.72. The standard InChI is InChI=1S/C16H29N3O/c1-3-4-5-6-7-10-13-19-14-16(17-18-19)12-9-8-11-15(2)20/h14H,3-13H2,1-2H3. The quantitative estimate of drug-likeness (QED) is 0.544. The minimum Gasteiger partial charge on any atom is -0.300 e. The molecule has 0 saturated heterocycles. The first kappa shape index (κ1) is 16.9. The number of unbranched alkanes of at least 4 members (excludes halogenated alkanes) is 6. The van der Waals surface area contributed by atoms with Gasteiger partial charge < -0.3 is 4.79 Å². The number of Topliss-reactive ketones (excluding diaryl/α,β-unsaturated/α-hetero) is 1. The van der Waals surface area contributed by atoms with Crippen molar-refractivity contribution in [1.29, 1.82) is 0 Å². The van der Waals surface area contributed by atoms with Crippen LogP contribution < -0.4 is 0 Å². The van der Waals surface area contributed by atoms with Crippen molar-refractivity contribution in [2.24, 2.45) is 0 Å². The van der Waals surface area contributed by atoms with Crippen molar-refractivity contribution in [3.8, 4) is 0 Å². The zero-order valence-corrected chi connectivity index (χ0v) is 13.1. The van der Waals surface area contributed by atoms with Crippen LogP contribution in [0.3, 0.4) is 0 Å². The molecule has 1 rings (SSSR count). The molecule has 0 fully saturated rings. The number of nitrogens with zero attached hydrogens (tertiary/aromatic N) is 3. The Morgan fingerprint density at radius 2 is 1.85 bits per heavy atom. The predicted octanol–water partition coefficient (Wildman–Crippen LogP) is 3.94. The van der Waals surface area contributed by atoms with Gasteiger partial charge in [-0.3, -0.25) is 4.68 Å². The van der Waals surface area contributed by atoms with Gasteiger partial charge >= 0.3 is 0 Å². The van der Waals surface area contributed by atoms with Crippen molar-refractivity contribution in [2.75, 3.05) is 0 Å². The van der Waals surface area contributed by atoms with E-state index in [1.165, 1.54) is 38.5 Å². The Labute approximate surface area is 122 Å². The van der Waals surface area contributed by atoms with Crippen LogP contribution in [0.2, 0.25) is 0 Å². The van der Waals surface area contributed by atoms with E-state index in [0.717, 1.165) is 31.5 Å². The van der Waals surface area contributed by atoms with Gasteiger partial charge in [0.15, 0.2) is 0 Å². The molecule has 4 nitrogen and oxygen atoms in total. The number of aryl methyl sites for hydroxylation is 2. The van der Waals surface area contributed by atoms with E-state index in [-0.39, 0.29) is 5.78 Å². The summed E-state index contributed by atoms with van der Waals surface area (Å²) < 4.78 is 1.96. The van der Waals surface area contributed by atoms with E-state index in [1.54, 1.807) is 6.92 Å². The fourth-order valence-corrected chi connectivity index (χ4v) is 2.30. The van der Waals surface area contributed by atoms with Gasteiger partial charge in [-0.05, 0) is 32.6 Å². The Kier molecular flexibility index (Phi) is 8.92. The van der Waals surface area contributed by atoms with E-state index < -0.39 is 0 Å². The molecule has 1 aromatic rings. The topological polar surface area (TPSA) is 47.8 Å². The molecule has 114 valence electrons. The van der Waals surface area contributed by atoms with Crippen molar-refractivity contribution in [1.82, 2.24) is 15.0 Å². The maximum Gasteiger partial charge on any atom is 0.129 e. The van der Waals surface area contributed by atoms with Crippen LogP contribution in [0.25, 0.3) is 0 Å². The summed E-state index contributed by atoms with van der Waals surface area (Å²) in [6, 6.07) is 0. The third-order valence-corrected chi connectivity index (χ3v) is 3.54. The van der Waals surface area contributed by atoms with E-state index in [9.17, 15) is 4.79 Å². The fourth-order valence-electron chi connectivity index (χ4n) is 2.30. The lowest BCUT2D eigenvalue weighted by Gasteiger charge is -2.00. The van der Waals surface area contributed by atoms with Crippen LogP contribution in [0.4, 0.5) is 0 Å². The van der Waals surface area contributed by atoms with Gasteiger partial charge in [0.05, 0.1) is 5.69 Å². The summed E-state index contributed by atoms with van der Waals surface area (Å²) >= 11 is 0. The van der Waals surface area contributed by atoms with Gasteiger partial charge in [-0.2, -0.15) is 0 Å². The number of aromatic nitrogens is 3. The Bertz CT molecular complexity index is 374. The first-order valence-electron chi connectivity index (χ1n) is 8.11. The van der Waals surface area contributed by atoms with E-state index in [0.29, 0.717) is 6.42 Å². The molecule has 0 N–H and O–H groups in total. The van der Waals surface area contributed by atoms with Crippen molar-refractivity contribution >= 4 is 5.78 Å². The summed E-state index contributed by atoms with van der Waals surface area (Å²) in [7, 11) is 0. The molecule has 0 saturated carbocycles. The lowest BCUT2D eigenvalue weighted by atomic mass is 10.1. The Morgan fingerprint density at radius 3 is 2.60 bits per heavy atom. The van der Waals surface area contributed by atoms with Gasteiger partial charge in [-0.15, -0.1) is 5.10 Å². The number of carbonyl (C=O) groups excluding carboxylic acids is 1. The molecule has 1 aromatic heterocycles. The number of ketones is 1. The highest BCUT2D eigenvalue weighted by molar-refractivity contribution is 5.75. The highest BCUT2D eigenvalue weighted by atomic mass is 16.1. The Hall–Kier alpha value is -1.19. The van der Waals surface area contributed by atoms with Crippen LogP contribution in [-0.4, -0.2) is 20.8 Å². The van der Waals surface area contributed by atoms with Crippen molar-refractivity contribution in [3.05, 3.63) is 11.9 Å². The second-order valence-electron chi connectivity index (χ2n) is 5.65. The normalized spacial score (nSPS) is 10.9. The highest BCUT2D eigenvalue weighted by Crippen LogP contribution is 2.07. The van der Waals surface area contributed by atoms with Crippen molar-refractivity contribution in [3.63, 3.8) is 0 Å². The Morgan fingerprint density at radius 1 is 1.10 bits per heavy atom. The van der Waals surface area contributed by atoms with Crippen LogP contribution in [0.15, 0.2) is 6.20 Å². The molecule has 20 heavy (non-hydrogen) atoms. The molecule has 4 heteroatoms. The lowest BCUT2D eigenvalue weighted by molar-refractivity contribution is -0.117. The average molecular weight is 279 g/mol. The van der Waals surface area contributed by atoms with Crippen LogP contribution in [-0.2, 0) is 17.8 Å². The largest absolute Gasteiger partial charge is 0.300 e. The van der Waals surface area contributed by atoms with Crippen LogP contribution in [0, 0.1) is 0 Å². The van der Waals surface area contributed by atoms with E-state index in [1.807, 2.05) is 4.68 Å². The summed E-state index contributed by atoms with van der Waals surface area (Å²) in [5.41, 5.74) is 1.06. The molecule has 0 amide bonds. The van der Waals surface area contributed by atoms with Crippen LogP contribution in [0.5, 0.6) is 0 Å². The molecule has 0 aromatic carbocycles. The van der Waals surface area contributed by atoms with E-state index in [4.69, 9.17) is 0 Å². The SMILES string of the molecule is CCCCCCCCn1cc(CCCCC(C)=O)nn1. The van der Waals surface area contributed by atoms with Crippen molar-refractivity contribution < 1.29 is 4.79 Å². The van der Waals surface area contributed by atoms with Crippen LogP contribution >= 0.6 is 0 Å². The molecule has 0 bridgehead atoms. The van der Waals surface area contributed by atoms with Gasteiger partial charge in [0.25, 0.3) is 0 Å². The lowest BCUT2D eigenvalue weighted by Crippen LogP contribution is -1.98. The van der Waals surface area contributed by atoms with E-state index >= 15 is 0 Å². The number of hydrogen-bond acceptors (Lipinski definition) is 3. The van der Waals surface area contributed by atoms with Crippen molar-refractivity contribution in [2.45, 2.75) is 84.6 Å². The second kappa shape index (κ2) is 10.6. The Balaban J connectivity index is 2.08. The average Bonchev–Trinajstić information content (AvgIpc) is 2.86. The summed E-state index contributed by atoms with van der Waals surface area (Å²) in [6.45, 7) is 4.87. The van der Waals surface area contributed by atoms with E-state index in [2.05, 4.69) is 23.4 Å². The molecule has 0 aliphatic heterocycles. The molecule has 0 radical (unpaired) electrons. The monoisotopic (exact) mass is 279 g/mol. The molecule has 0 spiro atoms. The summed E-state index contributed by atoms with van der Waals surface area (Å²) in [6.07, 6.45) is 13.5. The smallest absolute Gasteiger partial charge is 0.129 e. The molecular weight excluding hydrogens is 250 g/mol. The number of rotatable bonds is 12. The summed E-state index contributed by atoms with van der Waals surface area (Å²) in [5.74, 6) is 0.275. The molecule has 0 atom stereocenters. The van der Waals surface area contributed by atoms with Gasteiger partial charge in [-0.25, -0.2) is 0 Å². The van der Waals surface area contributed by atoms with Gasteiger partial charge in [-0.1, -0.05) is 44.2 Å². The fraction of sp³-hybridized carbons (Fsp3) is 0.812. The molecular formula is C16H29N3O. The zero-order valence-electron chi connectivity index (χ0n) is 13.1. The molecule has 0 aliphatic rings.